The Kier molecular flexibility index (Phi) is 4.32. The molecule has 0 spiro atoms. The molecule has 0 saturated carbocycles. The van der Waals surface area contributed by atoms with Gasteiger partial charge in [-0.2, -0.15) is 9.78 Å². The van der Waals surface area contributed by atoms with E-state index in [1.807, 2.05) is 30.3 Å². The van der Waals surface area contributed by atoms with Crippen molar-refractivity contribution < 1.29 is 9.32 Å². The summed E-state index contributed by atoms with van der Waals surface area (Å²) in [5.41, 5.74) is 0.839. The van der Waals surface area contributed by atoms with E-state index in [1.165, 1.54) is 4.80 Å². The molecule has 0 bridgehead atoms. The standard InChI is InChI=1S/C15H17N7O2/c1-9(15-17-11(3)20-24-15)16-14(23)10(2)22-19-13(18-21-22)12-7-5-4-6-8-12/h4-10H,1-3H3,(H,16,23). The van der Waals surface area contributed by atoms with E-state index in [9.17, 15) is 4.79 Å². The Balaban J connectivity index is 1.69. The van der Waals surface area contributed by atoms with Gasteiger partial charge < -0.3 is 9.84 Å². The Labute approximate surface area is 138 Å². The van der Waals surface area contributed by atoms with Crippen LogP contribution in [0.5, 0.6) is 0 Å². The lowest BCUT2D eigenvalue weighted by Gasteiger charge is -2.13. The number of rotatable bonds is 5. The molecule has 2 unspecified atom stereocenters. The van der Waals surface area contributed by atoms with Gasteiger partial charge in [0.2, 0.25) is 17.6 Å². The van der Waals surface area contributed by atoms with Crippen LogP contribution >= 0.6 is 0 Å². The van der Waals surface area contributed by atoms with Gasteiger partial charge in [-0.05, 0) is 26.0 Å². The van der Waals surface area contributed by atoms with Crippen LogP contribution in [0, 0.1) is 6.92 Å². The number of nitrogens with zero attached hydrogens (tertiary/aromatic N) is 6. The topological polar surface area (TPSA) is 112 Å². The van der Waals surface area contributed by atoms with Crippen LogP contribution in [-0.2, 0) is 4.79 Å². The van der Waals surface area contributed by atoms with E-state index in [2.05, 4.69) is 30.9 Å². The largest absolute Gasteiger partial charge is 0.343 e. The van der Waals surface area contributed by atoms with Gasteiger partial charge in [-0.25, -0.2) is 0 Å². The van der Waals surface area contributed by atoms with Gasteiger partial charge in [0.15, 0.2) is 5.82 Å². The van der Waals surface area contributed by atoms with Crippen LogP contribution in [0.4, 0.5) is 0 Å². The molecule has 0 aliphatic heterocycles. The highest BCUT2D eigenvalue weighted by Crippen LogP contribution is 2.15. The fourth-order valence-corrected chi connectivity index (χ4v) is 2.08. The quantitative estimate of drug-likeness (QED) is 0.755. The Morgan fingerprint density at radius 1 is 1.25 bits per heavy atom. The maximum absolute atomic E-state index is 12.4. The second kappa shape index (κ2) is 6.57. The van der Waals surface area contributed by atoms with Crippen LogP contribution in [0.15, 0.2) is 34.9 Å². The van der Waals surface area contributed by atoms with Crippen molar-refractivity contribution in [1.29, 1.82) is 0 Å². The van der Waals surface area contributed by atoms with Crippen LogP contribution in [0.2, 0.25) is 0 Å². The molecule has 9 nitrogen and oxygen atoms in total. The summed E-state index contributed by atoms with van der Waals surface area (Å²) >= 11 is 0. The summed E-state index contributed by atoms with van der Waals surface area (Å²) < 4.78 is 5.05. The summed E-state index contributed by atoms with van der Waals surface area (Å²) in [5.74, 6) is 1.07. The average molecular weight is 327 g/mol. The summed E-state index contributed by atoms with van der Waals surface area (Å²) in [6.45, 7) is 5.17. The molecule has 3 aromatic rings. The highest BCUT2D eigenvalue weighted by Gasteiger charge is 2.22. The zero-order valence-corrected chi connectivity index (χ0v) is 13.5. The number of carbonyl (C=O) groups excluding carboxylic acids is 1. The van der Waals surface area contributed by atoms with E-state index in [-0.39, 0.29) is 5.91 Å². The molecule has 1 amide bonds. The first-order valence-corrected chi connectivity index (χ1v) is 7.50. The van der Waals surface area contributed by atoms with Crippen molar-refractivity contribution in [3.63, 3.8) is 0 Å². The fourth-order valence-electron chi connectivity index (χ4n) is 2.08. The lowest BCUT2D eigenvalue weighted by molar-refractivity contribution is -0.125. The highest BCUT2D eigenvalue weighted by atomic mass is 16.5. The van der Waals surface area contributed by atoms with E-state index in [0.29, 0.717) is 17.5 Å². The molecule has 1 N–H and O–H groups in total. The Bertz CT molecular complexity index is 827. The van der Waals surface area contributed by atoms with Crippen LogP contribution in [-0.4, -0.2) is 36.3 Å². The van der Waals surface area contributed by atoms with Crippen LogP contribution < -0.4 is 5.32 Å². The Morgan fingerprint density at radius 2 is 2.00 bits per heavy atom. The predicted molar refractivity (Wildman–Crippen MR) is 83.6 cm³/mol. The van der Waals surface area contributed by atoms with Crippen LogP contribution in [0.1, 0.15) is 37.6 Å². The molecule has 2 heterocycles. The second-order valence-electron chi connectivity index (χ2n) is 5.39. The molecule has 9 heteroatoms. The van der Waals surface area contributed by atoms with E-state index < -0.39 is 12.1 Å². The number of amides is 1. The minimum atomic E-state index is -0.624. The molecular weight excluding hydrogens is 310 g/mol. The molecule has 0 radical (unpaired) electrons. The van der Waals surface area contributed by atoms with Crippen molar-refractivity contribution >= 4 is 5.91 Å². The predicted octanol–water partition coefficient (Wildman–Crippen LogP) is 1.47. The molecule has 0 saturated heterocycles. The number of tetrazole rings is 1. The van der Waals surface area contributed by atoms with Gasteiger partial charge in [0.05, 0.1) is 0 Å². The molecule has 124 valence electrons. The van der Waals surface area contributed by atoms with Gasteiger partial charge in [0.25, 0.3) is 0 Å². The van der Waals surface area contributed by atoms with Gasteiger partial charge in [0, 0.05) is 5.56 Å². The molecule has 0 aliphatic carbocycles. The third-order valence-electron chi connectivity index (χ3n) is 3.46. The normalized spacial score (nSPS) is 13.5. The van der Waals surface area contributed by atoms with Gasteiger partial charge >= 0.3 is 0 Å². The molecule has 0 fully saturated rings. The summed E-state index contributed by atoms with van der Waals surface area (Å²) in [6.07, 6.45) is 0. The van der Waals surface area contributed by atoms with Crippen molar-refractivity contribution in [2.45, 2.75) is 32.9 Å². The molecular formula is C15H17N7O2. The van der Waals surface area contributed by atoms with Crippen LogP contribution in [0.25, 0.3) is 11.4 Å². The second-order valence-corrected chi connectivity index (χ2v) is 5.39. The zero-order valence-electron chi connectivity index (χ0n) is 13.5. The van der Waals surface area contributed by atoms with Crippen molar-refractivity contribution in [3.05, 3.63) is 42.0 Å². The number of carbonyl (C=O) groups is 1. The third kappa shape index (κ3) is 3.29. The smallest absolute Gasteiger partial charge is 0.248 e. The summed E-state index contributed by atoms with van der Waals surface area (Å²) in [7, 11) is 0. The SMILES string of the molecule is Cc1noc(C(C)NC(=O)C(C)n2nnc(-c3ccccc3)n2)n1. The first-order chi connectivity index (χ1) is 11.5. The lowest BCUT2D eigenvalue weighted by atomic mass is 10.2. The van der Waals surface area contributed by atoms with E-state index in [4.69, 9.17) is 4.52 Å². The van der Waals surface area contributed by atoms with Crippen LogP contribution in [0.3, 0.4) is 0 Å². The number of aromatic nitrogens is 6. The minimum Gasteiger partial charge on any atom is -0.343 e. The van der Waals surface area contributed by atoms with Gasteiger partial charge in [-0.15, -0.1) is 10.2 Å². The number of aryl methyl sites for hydroxylation is 1. The Hall–Kier alpha value is -3.10. The third-order valence-corrected chi connectivity index (χ3v) is 3.46. The fraction of sp³-hybridized carbons (Fsp3) is 0.333. The summed E-state index contributed by atoms with van der Waals surface area (Å²) in [4.78, 5) is 17.7. The zero-order chi connectivity index (χ0) is 17.1. The Morgan fingerprint density at radius 3 is 2.67 bits per heavy atom. The van der Waals surface area contributed by atoms with Crippen molar-refractivity contribution in [2.24, 2.45) is 0 Å². The molecule has 2 atom stereocenters. The van der Waals surface area contributed by atoms with Crippen molar-refractivity contribution in [2.75, 3.05) is 0 Å². The summed E-state index contributed by atoms with van der Waals surface area (Å²) in [6, 6.07) is 8.42. The number of hydrogen-bond donors (Lipinski definition) is 1. The number of nitrogens with one attached hydrogen (secondary N) is 1. The van der Waals surface area contributed by atoms with E-state index >= 15 is 0 Å². The number of hydrogen-bond acceptors (Lipinski definition) is 7. The molecule has 0 aliphatic rings. The summed E-state index contributed by atoms with van der Waals surface area (Å²) in [5, 5.41) is 18.7. The van der Waals surface area contributed by atoms with Crippen molar-refractivity contribution in [3.8, 4) is 11.4 Å². The monoisotopic (exact) mass is 327 g/mol. The van der Waals surface area contributed by atoms with E-state index in [1.54, 1.807) is 20.8 Å². The van der Waals surface area contributed by atoms with Gasteiger partial charge in [0.1, 0.15) is 12.1 Å². The first kappa shape index (κ1) is 15.8. The average Bonchev–Trinajstić information content (AvgIpc) is 3.24. The van der Waals surface area contributed by atoms with Gasteiger partial charge in [-0.3, -0.25) is 4.79 Å². The first-order valence-electron chi connectivity index (χ1n) is 7.50. The van der Waals surface area contributed by atoms with Crippen molar-refractivity contribution in [1.82, 2.24) is 35.7 Å². The molecule has 24 heavy (non-hydrogen) atoms. The van der Waals surface area contributed by atoms with Gasteiger partial charge in [-0.1, -0.05) is 35.5 Å². The molecule has 3 rings (SSSR count). The maximum Gasteiger partial charge on any atom is 0.248 e. The molecule has 2 aromatic heterocycles. The molecule has 1 aromatic carbocycles. The lowest BCUT2D eigenvalue weighted by Crippen LogP contribution is -2.34. The van der Waals surface area contributed by atoms with E-state index in [0.717, 1.165) is 5.56 Å². The maximum atomic E-state index is 12.4. The number of benzene rings is 1. The highest BCUT2D eigenvalue weighted by molar-refractivity contribution is 5.79. The minimum absolute atomic E-state index is 0.268.